The van der Waals surface area contributed by atoms with Crippen LogP contribution in [0.1, 0.15) is 13.3 Å². The van der Waals surface area contributed by atoms with Crippen LogP contribution in [0.4, 0.5) is 0 Å². The van der Waals surface area contributed by atoms with Crippen LogP contribution in [0.15, 0.2) is 12.2 Å². The summed E-state index contributed by atoms with van der Waals surface area (Å²) in [6.45, 7) is 5.63. The summed E-state index contributed by atoms with van der Waals surface area (Å²) in [6.07, 6.45) is 0.775. The van der Waals surface area contributed by atoms with Crippen LogP contribution in [-0.4, -0.2) is 19.9 Å². The van der Waals surface area contributed by atoms with Gasteiger partial charge in [0.05, 0.1) is 11.5 Å². The Balaban J connectivity index is 2.69. The molecule has 0 amide bonds. The van der Waals surface area contributed by atoms with Crippen LogP contribution in [0.25, 0.3) is 0 Å². The van der Waals surface area contributed by atoms with Gasteiger partial charge >= 0.3 is 0 Å². The second-order valence-corrected chi connectivity index (χ2v) is 5.18. The molecule has 10 heavy (non-hydrogen) atoms. The predicted molar refractivity (Wildman–Crippen MR) is 41.6 cm³/mol. The second kappa shape index (κ2) is 2.38. The summed E-state index contributed by atoms with van der Waals surface area (Å²) in [7, 11) is -2.70. The van der Waals surface area contributed by atoms with Gasteiger partial charge in [0.15, 0.2) is 9.84 Å². The average Bonchev–Trinajstić information content (AvgIpc) is 2.10. The third kappa shape index (κ3) is 1.59. The van der Waals surface area contributed by atoms with Crippen molar-refractivity contribution in [2.24, 2.45) is 5.92 Å². The first-order chi connectivity index (χ1) is 4.51. The standard InChI is InChI=1S/C7H12O2S/c1-6(2)7-3-4-10(8,9)5-7/h7H,1,3-5H2,2H3/t7-/m1/s1. The molecule has 0 aliphatic carbocycles. The molecule has 3 heteroatoms. The van der Waals surface area contributed by atoms with Crippen molar-refractivity contribution in [3.05, 3.63) is 12.2 Å². The Morgan fingerprint density at radius 1 is 1.60 bits per heavy atom. The highest BCUT2D eigenvalue weighted by Crippen LogP contribution is 2.23. The molecule has 0 bridgehead atoms. The molecule has 2 nitrogen and oxygen atoms in total. The molecule has 1 atom stereocenters. The van der Waals surface area contributed by atoms with E-state index in [0.29, 0.717) is 11.5 Å². The van der Waals surface area contributed by atoms with Crippen LogP contribution in [0.2, 0.25) is 0 Å². The van der Waals surface area contributed by atoms with Gasteiger partial charge in [-0.25, -0.2) is 8.42 Å². The summed E-state index contributed by atoms with van der Waals surface area (Å²) >= 11 is 0. The number of sulfone groups is 1. The Hall–Kier alpha value is -0.310. The number of allylic oxidation sites excluding steroid dienone is 1. The largest absolute Gasteiger partial charge is 0.229 e. The lowest BCUT2D eigenvalue weighted by atomic mass is 10.0. The Labute approximate surface area is 61.9 Å². The van der Waals surface area contributed by atoms with Crippen molar-refractivity contribution in [1.29, 1.82) is 0 Å². The monoisotopic (exact) mass is 160 g/mol. The Bertz CT molecular complexity index is 238. The fraction of sp³-hybridized carbons (Fsp3) is 0.714. The maximum Gasteiger partial charge on any atom is 0.150 e. The molecule has 1 aliphatic heterocycles. The molecule has 0 aromatic rings. The second-order valence-electron chi connectivity index (χ2n) is 2.95. The van der Waals surface area contributed by atoms with E-state index < -0.39 is 9.84 Å². The normalized spacial score (nSPS) is 30.3. The molecule has 1 aliphatic rings. The minimum absolute atomic E-state index is 0.227. The van der Waals surface area contributed by atoms with Crippen molar-refractivity contribution >= 4 is 9.84 Å². The third-order valence-electron chi connectivity index (χ3n) is 1.93. The lowest BCUT2D eigenvalue weighted by Crippen LogP contribution is -2.04. The van der Waals surface area contributed by atoms with E-state index >= 15 is 0 Å². The lowest BCUT2D eigenvalue weighted by molar-refractivity contribution is 0.600. The van der Waals surface area contributed by atoms with Crippen molar-refractivity contribution < 1.29 is 8.42 Å². The fourth-order valence-electron chi connectivity index (χ4n) is 1.18. The molecule has 0 unspecified atom stereocenters. The quantitative estimate of drug-likeness (QED) is 0.536. The van der Waals surface area contributed by atoms with Crippen molar-refractivity contribution in [3.63, 3.8) is 0 Å². The molecular weight excluding hydrogens is 148 g/mol. The van der Waals surface area contributed by atoms with Gasteiger partial charge in [-0.15, -0.1) is 0 Å². The minimum Gasteiger partial charge on any atom is -0.229 e. The zero-order valence-corrected chi connectivity index (χ0v) is 6.95. The summed E-state index contributed by atoms with van der Waals surface area (Å²) < 4.78 is 21.8. The maximum absolute atomic E-state index is 10.9. The van der Waals surface area contributed by atoms with Gasteiger partial charge in [-0.05, 0) is 19.3 Å². The van der Waals surface area contributed by atoms with Crippen molar-refractivity contribution in [3.8, 4) is 0 Å². The summed E-state index contributed by atoms with van der Waals surface area (Å²) in [5, 5.41) is 0. The molecular formula is C7H12O2S. The van der Waals surface area contributed by atoms with Gasteiger partial charge in [0.2, 0.25) is 0 Å². The van der Waals surface area contributed by atoms with Gasteiger partial charge in [0.1, 0.15) is 0 Å². The molecule has 1 heterocycles. The van der Waals surface area contributed by atoms with E-state index in [1.165, 1.54) is 0 Å². The Morgan fingerprint density at radius 3 is 2.40 bits per heavy atom. The van der Waals surface area contributed by atoms with Gasteiger partial charge in [-0.1, -0.05) is 12.2 Å². The number of hydrogen-bond acceptors (Lipinski definition) is 2. The van der Waals surface area contributed by atoms with Crippen LogP contribution < -0.4 is 0 Å². The fourth-order valence-corrected chi connectivity index (χ4v) is 3.06. The van der Waals surface area contributed by atoms with E-state index in [1.54, 1.807) is 0 Å². The number of rotatable bonds is 1. The molecule has 0 aromatic heterocycles. The zero-order chi connectivity index (χ0) is 7.78. The molecule has 0 aromatic carbocycles. The first-order valence-electron chi connectivity index (χ1n) is 3.37. The third-order valence-corrected chi connectivity index (χ3v) is 3.70. The van der Waals surface area contributed by atoms with E-state index in [-0.39, 0.29) is 5.92 Å². The summed E-state index contributed by atoms with van der Waals surface area (Å²) in [5.41, 5.74) is 1.00. The first-order valence-corrected chi connectivity index (χ1v) is 5.19. The maximum atomic E-state index is 10.9. The Kier molecular flexibility index (Phi) is 1.86. The zero-order valence-electron chi connectivity index (χ0n) is 6.13. The van der Waals surface area contributed by atoms with Crippen molar-refractivity contribution in [2.45, 2.75) is 13.3 Å². The van der Waals surface area contributed by atoms with E-state index in [4.69, 9.17) is 0 Å². The van der Waals surface area contributed by atoms with Crippen LogP contribution in [0.3, 0.4) is 0 Å². The van der Waals surface area contributed by atoms with Crippen LogP contribution in [-0.2, 0) is 9.84 Å². The smallest absolute Gasteiger partial charge is 0.150 e. The first kappa shape index (κ1) is 7.79. The molecule has 1 fully saturated rings. The molecule has 1 rings (SSSR count). The Morgan fingerprint density at radius 2 is 2.20 bits per heavy atom. The molecule has 0 radical (unpaired) electrons. The van der Waals surface area contributed by atoms with Gasteiger partial charge in [-0.2, -0.15) is 0 Å². The number of hydrogen-bond donors (Lipinski definition) is 0. The van der Waals surface area contributed by atoms with E-state index in [1.807, 2.05) is 6.92 Å². The van der Waals surface area contributed by atoms with E-state index in [0.717, 1.165) is 12.0 Å². The molecule has 0 spiro atoms. The van der Waals surface area contributed by atoms with Gasteiger partial charge in [0, 0.05) is 0 Å². The van der Waals surface area contributed by atoms with Crippen molar-refractivity contribution in [2.75, 3.05) is 11.5 Å². The van der Waals surface area contributed by atoms with E-state index in [2.05, 4.69) is 6.58 Å². The summed E-state index contributed by atoms with van der Waals surface area (Å²) in [5.74, 6) is 0.900. The van der Waals surface area contributed by atoms with Gasteiger partial charge in [-0.3, -0.25) is 0 Å². The highest BCUT2D eigenvalue weighted by molar-refractivity contribution is 7.91. The van der Waals surface area contributed by atoms with Crippen molar-refractivity contribution in [1.82, 2.24) is 0 Å². The highest BCUT2D eigenvalue weighted by atomic mass is 32.2. The highest BCUT2D eigenvalue weighted by Gasteiger charge is 2.27. The predicted octanol–water partition coefficient (Wildman–Crippen LogP) is 0.997. The van der Waals surface area contributed by atoms with Gasteiger partial charge < -0.3 is 0 Å². The van der Waals surface area contributed by atoms with Crippen LogP contribution >= 0.6 is 0 Å². The molecule has 58 valence electrons. The topological polar surface area (TPSA) is 34.1 Å². The SMILES string of the molecule is C=C(C)[C@@H]1CCS(=O)(=O)C1. The summed E-state index contributed by atoms with van der Waals surface area (Å²) in [4.78, 5) is 0. The van der Waals surface area contributed by atoms with Crippen LogP contribution in [0, 0.1) is 5.92 Å². The minimum atomic E-state index is -2.70. The molecule has 0 N–H and O–H groups in total. The van der Waals surface area contributed by atoms with Gasteiger partial charge in [0.25, 0.3) is 0 Å². The average molecular weight is 160 g/mol. The summed E-state index contributed by atoms with van der Waals surface area (Å²) in [6, 6.07) is 0. The lowest BCUT2D eigenvalue weighted by Gasteiger charge is -2.03. The molecule has 1 saturated heterocycles. The van der Waals surface area contributed by atoms with Crippen LogP contribution in [0.5, 0.6) is 0 Å². The molecule has 0 saturated carbocycles. The van der Waals surface area contributed by atoms with E-state index in [9.17, 15) is 8.42 Å².